The van der Waals surface area contributed by atoms with E-state index in [-0.39, 0.29) is 0 Å². The van der Waals surface area contributed by atoms with Crippen molar-refractivity contribution in [3.8, 4) is 0 Å². The van der Waals surface area contributed by atoms with Gasteiger partial charge in [-0.25, -0.2) is 4.98 Å². The first-order valence-corrected chi connectivity index (χ1v) is 7.39. The topological polar surface area (TPSA) is 29.3 Å². The van der Waals surface area contributed by atoms with Crippen molar-refractivity contribution in [2.45, 2.75) is 26.8 Å². The highest BCUT2D eigenvalue weighted by Crippen LogP contribution is 2.18. The molecule has 0 saturated heterocycles. The average molecular weight is 271 g/mol. The molecule has 0 aliphatic rings. The van der Waals surface area contributed by atoms with E-state index in [1.165, 1.54) is 11.3 Å². The van der Waals surface area contributed by atoms with E-state index >= 15 is 0 Å². The molecule has 0 unspecified atom stereocenters. The van der Waals surface area contributed by atoms with Crippen molar-refractivity contribution in [2.75, 3.05) is 5.32 Å². The summed E-state index contributed by atoms with van der Waals surface area (Å²) in [6, 6.07) is 8.62. The molecule has 1 N–H and O–H groups in total. The molecule has 3 aromatic rings. The fourth-order valence-electron chi connectivity index (χ4n) is 2.20. The number of aromatic nitrogens is 2. The Balaban J connectivity index is 1.77. The highest BCUT2D eigenvalue weighted by atomic mass is 32.1. The van der Waals surface area contributed by atoms with Gasteiger partial charge in [-0.1, -0.05) is 19.1 Å². The largest absolute Gasteiger partial charge is 0.379 e. The zero-order valence-electron chi connectivity index (χ0n) is 11.2. The van der Waals surface area contributed by atoms with Crippen LogP contribution in [0.5, 0.6) is 0 Å². The number of aryl methyl sites for hydroxylation is 2. The van der Waals surface area contributed by atoms with Crippen molar-refractivity contribution in [1.29, 1.82) is 0 Å². The second-order valence-electron chi connectivity index (χ2n) is 4.60. The number of nitrogens with zero attached hydrogens (tertiary/aromatic N) is 2. The molecule has 1 aromatic carbocycles. The summed E-state index contributed by atoms with van der Waals surface area (Å²) in [5.74, 6) is 0. The second-order valence-corrected chi connectivity index (χ2v) is 5.48. The van der Waals surface area contributed by atoms with Gasteiger partial charge >= 0.3 is 0 Å². The highest BCUT2D eigenvalue weighted by Gasteiger charge is 2.08. The van der Waals surface area contributed by atoms with E-state index in [0.717, 1.165) is 29.3 Å². The highest BCUT2D eigenvalue weighted by molar-refractivity contribution is 7.15. The smallest absolute Gasteiger partial charge is 0.194 e. The predicted octanol–water partition coefficient (Wildman–Crippen LogP) is 3.88. The molecule has 4 heteroatoms. The molecule has 0 bridgehead atoms. The van der Waals surface area contributed by atoms with Crippen molar-refractivity contribution in [3.63, 3.8) is 0 Å². The number of hydrogen-bond acceptors (Lipinski definition) is 3. The number of imidazole rings is 1. The molecule has 0 amide bonds. The molecule has 2 heterocycles. The summed E-state index contributed by atoms with van der Waals surface area (Å²) >= 11 is 1.67. The normalized spacial score (nSPS) is 11.1. The van der Waals surface area contributed by atoms with E-state index in [0.29, 0.717) is 0 Å². The van der Waals surface area contributed by atoms with Crippen molar-refractivity contribution < 1.29 is 0 Å². The maximum Gasteiger partial charge on any atom is 0.194 e. The van der Waals surface area contributed by atoms with Gasteiger partial charge in [0.2, 0.25) is 0 Å². The first kappa shape index (κ1) is 12.2. The van der Waals surface area contributed by atoms with Crippen LogP contribution in [0.4, 0.5) is 5.69 Å². The maximum absolute atomic E-state index is 4.55. The zero-order chi connectivity index (χ0) is 13.2. The van der Waals surface area contributed by atoms with Crippen LogP contribution in [0.1, 0.15) is 23.9 Å². The van der Waals surface area contributed by atoms with Gasteiger partial charge in [-0.2, -0.15) is 0 Å². The van der Waals surface area contributed by atoms with Crippen LogP contribution >= 0.6 is 11.3 Å². The Hall–Kier alpha value is -1.81. The molecule has 0 spiro atoms. The Kier molecular flexibility index (Phi) is 3.25. The summed E-state index contributed by atoms with van der Waals surface area (Å²) in [5.41, 5.74) is 4.86. The SMILES string of the molecule is CCc1ccc(NCc2c(C)nc3sccn23)cc1. The quantitative estimate of drug-likeness (QED) is 0.780. The van der Waals surface area contributed by atoms with Gasteiger partial charge in [-0.05, 0) is 31.0 Å². The number of fused-ring (bicyclic) bond motifs is 1. The first-order chi connectivity index (χ1) is 9.28. The summed E-state index contributed by atoms with van der Waals surface area (Å²) in [6.45, 7) is 5.04. The molecule has 3 nitrogen and oxygen atoms in total. The lowest BCUT2D eigenvalue weighted by Crippen LogP contribution is -2.03. The number of anilines is 1. The van der Waals surface area contributed by atoms with Gasteiger partial charge in [0, 0.05) is 17.3 Å². The number of rotatable bonds is 4. The Morgan fingerprint density at radius 3 is 2.79 bits per heavy atom. The third-order valence-electron chi connectivity index (χ3n) is 3.38. The summed E-state index contributed by atoms with van der Waals surface area (Å²) in [7, 11) is 0. The molecular weight excluding hydrogens is 254 g/mol. The third-order valence-corrected chi connectivity index (χ3v) is 4.14. The lowest BCUT2D eigenvalue weighted by Gasteiger charge is -2.07. The standard InChI is InChI=1S/C15H17N3S/c1-3-12-4-6-13(7-5-12)16-10-14-11(2)17-15-18(14)8-9-19-15/h4-9,16H,3,10H2,1-2H3. The van der Waals surface area contributed by atoms with Crippen LogP contribution in [-0.2, 0) is 13.0 Å². The Morgan fingerprint density at radius 2 is 2.05 bits per heavy atom. The van der Waals surface area contributed by atoms with E-state index < -0.39 is 0 Å². The second kappa shape index (κ2) is 5.05. The van der Waals surface area contributed by atoms with Crippen LogP contribution in [0, 0.1) is 6.92 Å². The van der Waals surface area contributed by atoms with Gasteiger partial charge in [0.1, 0.15) is 0 Å². The van der Waals surface area contributed by atoms with E-state index in [2.05, 4.69) is 64.4 Å². The average Bonchev–Trinajstić information content (AvgIpc) is 2.98. The van der Waals surface area contributed by atoms with Crippen LogP contribution in [0.2, 0.25) is 0 Å². The van der Waals surface area contributed by atoms with Crippen LogP contribution in [-0.4, -0.2) is 9.38 Å². The van der Waals surface area contributed by atoms with E-state index in [4.69, 9.17) is 0 Å². The number of benzene rings is 1. The molecule has 2 aromatic heterocycles. The molecule has 0 aliphatic heterocycles. The molecule has 0 atom stereocenters. The van der Waals surface area contributed by atoms with E-state index in [9.17, 15) is 0 Å². The van der Waals surface area contributed by atoms with Gasteiger partial charge < -0.3 is 5.32 Å². The summed E-state index contributed by atoms with van der Waals surface area (Å²) in [4.78, 5) is 5.62. The number of thiazole rings is 1. The van der Waals surface area contributed by atoms with Gasteiger partial charge in [-0.15, -0.1) is 11.3 Å². The summed E-state index contributed by atoms with van der Waals surface area (Å²) in [5, 5.41) is 5.54. The lowest BCUT2D eigenvalue weighted by atomic mass is 10.1. The van der Waals surface area contributed by atoms with Crippen LogP contribution < -0.4 is 5.32 Å². The molecule has 3 rings (SSSR count). The Morgan fingerprint density at radius 1 is 1.26 bits per heavy atom. The first-order valence-electron chi connectivity index (χ1n) is 6.51. The molecule has 19 heavy (non-hydrogen) atoms. The fourth-order valence-corrected chi connectivity index (χ4v) is 2.98. The van der Waals surface area contributed by atoms with Crippen LogP contribution in [0.25, 0.3) is 4.96 Å². The minimum Gasteiger partial charge on any atom is -0.379 e. The third kappa shape index (κ3) is 2.36. The lowest BCUT2D eigenvalue weighted by molar-refractivity contribution is 0.994. The predicted molar refractivity (Wildman–Crippen MR) is 81.0 cm³/mol. The van der Waals surface area contributed by atoms with Gasteiger partial charge in [-0.3, -0.25) is 4.40 Å². The van der Waals surface area contributed by atoms with Crippen LogP contribution in [0.3, 0.4) is 0 Å². The van der Waals surface area contributed by atoms with Crippen molar-refractivity contribution in [3.05, 3.63) is 52.8 Å². The molecule has 0 saturated carbocycles. The maximum atomic E-state index is 4.55. The molecule has 0 aliphatic carbocycles. The van der Waals surface area contributed by atoms with Gasteiger partial charge in [0.05, 0.1) is 17.9 Å². The fraction of sp³-hybridized carbons (Fsp3) is 0.267. The monoisotopic (exact) mass is 271 g/mol. The Bertz CT molecular complexity index is 679. The number of hydrogen-bond donors (Lipinski definition) is 1. The van der Waals surface area contributed by atoms with Crippen molar-refractivity contribution >= 4 is 22.0 Å². The van der Waals surface area contributed by atoms with Crippen molar-refractivity contribution in [1.82, 2.24) is 9.38 Å². The Labute approximate surface area is 116 Å². The summed E-state index contributed by atoms with van der Waals surface area (Å²) in [6.07, 6.45) is 3.16. The van der Waals surface area contributed by atoms with Crippen molar-refractivity contribution in [2.24, 2.45) is 0 Å². The summed E-state index contributed by atoms with van der Waals surface area (Å²) < 4.78 is 2.16. The van der Waals surface area contributed by atoms with E-state index in [1.54, 1.807) is 11.3 Å². The molecule has 0 radical (unpaired) electrons. The van der Waals surface area contributed by atoms with E-state index in [1.807, 2.05) is 0 Å². The van der Waals surface area contributed by atoms with Gasteiger partial charge in [0.25, 0.3) is 0 Å². The minimum atomic E-state index is 0.801. The van der Waals surface area contributed by atoms with Gasteiger partial charge in [0.15, 0.2) is 4.96 Å². The zero-order valence-corrected chi connectivity index (χ0v) is 12.0. The minimum absolute atomic E-state index is 0.801. The number of nitrogens with one attached hydrogen (secondary N) is 1. The molecular formula is C15H17N3S. The molecule has 98 valence electrons. The van der Waals surface area contributed by atoms with Crippen LogP contribution in [0.15, 0.2) is 35.8 Å². The molecule has 0 fully saturated rings.